The van der Waals surface area contributed by atoms with Gasteiger partial charge < -0.3 is 11.1 Å². The number of nitrogen functional groups attached to an aromatic ring is 1. The first kappa shape index (κ1) is 11.5. The Morgan fingerprint density at radius 1 is 1.57 bits per heavy atom. The molecule has 0 bridgehead atoms. The lowest BCUT2D eigenvalue weighted by Crippen LogP contribution is -2.18. The van der Waals surface area contributed by atoms with Crippen LogP contribution in [0.5, 0.6) is 0 Å². The summed E-state index contributed by atoms with van der Waals surface area (Å²) in [5.41, 5.74) is 7.35. The highest BCUT2D eigenvalue weighted by Gasteiger charge is 2.07. The van der Waals surface area contributed by atoms with Crippen molar-refractivity contribution in [3.63, 3.8) is 0 Å². The van der Waals surface area contributed by atoms with E-state index in [2.05, 4.69) is 18.5 Å². The molecule has 78 valence electrons. The molecule has 0 saturated carbocycles. The molecule has 14 heavy (non-hydrogen) atoms. The number of para-hydroxylation sites is 1. The molecule has 1 rings (SSSR count). The molecule has 0 aromatic heterocycles. The number of anilines is 2. The third kappa shape index (κ3) is 3.00. The molecule has 0 fully saturated rings. The van der Waals surface area contributed by atoms with Crippen LogP contribution in [-0.2, 0) is 0 Å². The van der Waals surface area contributed by atoms with Crippen LogP contribution in [-0.4, -0.2) is 18.1 Å². The monoisotopic (exact) mass is 230 g/mol. The van der Waals surface area contributed by atoms with Crippen LogP contribution in [0.4, 0.5) is 11.4 Å². The summed E-state index contributed by atoms with van der Waals surface area (Å²) >= 11 is 7.82. The van der Waals surface area contributed by atoms with Gasteiger partial charge in [-0.15, -0.1) is 0 Å². The van der Waals surface area contributed by atoms with Crippen molar-refractivity contribution in [3.8, 4) is 0 Å². The van der Waals surface area contributed by atoms with Gasteiger partial charge in [0.25, 0.3) is 0 Å². The molecule has 1 unspecified atom stereocenters. The Hall–Kier alpha value is -0.540. The number of hydrogen-bond donors (Lipinski definition) is 2. The molecule has 4 heteroatoms. The van der Waals surface area contributed by atoms with Gasteiger partial charge in [-0.1, -0.05) is 17.7 Å². The van der Waals surface area contributed by atoms with Gasteiger partial charge in [0.2, 0.25) is 0 Å². The molecule has 3 N–H and O–H groups in total. The van der Waals surface area contributed by atoms with Crippen molar-refractivity contribution in [1.82, 2.24) is 0 Å². The van der Waals surface area contributed by atoms with Crippen LogP contribution < -0.4 is 11.1 Å². The SMILES string of the molecule is CSCC(C)Nc1c(N)cccc1Cl. The fourth-order valence-corrected chi connectivity index (χ4v) is 2.05. The first-order valence-corrected chi connectivity index (χ1v) is 6.21. The molecule has 0 aliphatic heterocycles. The average Bonchev–Trinajstić information content (AvgIpc) is 2.12. The first-order valence-electron chi connectivity index (χ1n) is 4.44. The number of thioether (sulfide) groups is 1. The Balaban J connectivity index is 2.75. The molecule has 0 aliphatic rings. The van der Waals surface area contributed by atoms with Gasteiger partial charge >= 0.3 is 0 Å². The second-order valence-corrected chi connectivity index (χ2v) is 4.52. The molecule has 1 aromatic carbocycles. The van der Waals surface area contributed by atoms with Gasteiger partial charge in [-0.05, 0) is 25.3 Å². The van der Waals surface area contributed by atoms with Crippen LogP contribution in [0.25, 0.3) is 0 Å². The molecule has 1 atom stereocenters. The lowest BCUT2D eigenvalue weighted by molar-refractivity contribution is 0.915. The van der Waals surface area contributed by atoms with Gasteiger partial charge in [-0.2, -0.15) is 11.8 Å². The molecule has 2 nitrogen and oxygen atoms in total. The summed E-state index contributed by atoms with van der Waals surface area (Å²) in [5.74, 6) is 1.03. The summed E-state index contributed by atoms with van der Waals surface area (Å²) in [6.07, 6.45) is 2.08. The van der Waals surface area contributed by atoms with E-state index in [-0.39, 0.29) is 0 Å². The zero-order valence-electron chi connectivity index (χ0n) is 8.38. The number of hydrogen-bond acceptors (Lipinski definition) is 3. The summed E-state index contributed by atoms with van der Waals surface area (Å²) < 4.78 is 0. The van der Waals surface area contributed by atoms with Crippen LogP contribution >= 0.6 is 23.4 Å². The van der Waals surface area contributed by atoms with Gasteiger partial charge in [0.1, 0.15) is 0 Å². The highest BCUT2D eigenvalue weighted by Crippen LogP contribution is 2.28. The predicted octanol–water partition coefficient (Wildman–Crippen LogP) is 3.09. The lowest BCUT2D eigenvalue weighted by atomic mass is 10.2. The van der Waals surface area contributed by atoms with Crippen molar-refractivity contribution in [2.45, 2.75) is 13.0 Å². The summed E-state index contributed by atoms with van der Waals surface area (Å²) in [7, 11) is 0. The summed E-state index contributed by atoms with van der Waals surface area (Å²) in [6.45, 7) is 2.11. The maximum atomic E-state index is 6.02. The van der Waals surface area contributed by atoms with E-state index < -0.39 is 0 Å². The number of benzene rings is 1. The molecule has 0 amide bonds. The molecule has 0 saturated heterocycles. The van der Waals surface area contributed by atoms with Crippen molar-refractivity contribution in [1.29, 1.82) is 0 Å². The first-order chi connectivity index (χ1) is 6.65. The summed E-state index contributed by atoms with van der Waals surface area (Å²) in [6, 6.07) is 5.90. The van der Waals surface area contributed by atoms with Gasteiger partial charge in [-0.3, -0.25) is 0 Å². The fraction of sp³-hybridized carbons (Fsp3) is 0.400. The number of nitrogens with two attached hydrogens (primary N) is 1. The Morgan fingerprint density at radius 2 is 2.29 bits per heavy atom. The van der Waals surface area contributed by atoms with E-state index in [1.807, 2.05) is 18.2 Å². The van der Waals surface area contributed by atoms with Gasteiger partial charge in [0.15, 0.2) is 0 Å². The van der Waals surface area contributed by atoms with E-state index in [1.165, 1.54) is 0 Å². The molecule has 0 spiro atoms. The maximum Gasteiger partial charge on any atom is 0.0765 e. The number of rotatable bonds is 4. The second-order valence-electron chi connectivity index (χ2n) is 3.20. The Labute approximate surface area is 94.2 Å². The van der Waals surface area contributed by atoms with Crippen molar-refractivity contribution in [2.24, 2.45) is 0 Å². The van der Waals surface area contributed by atoms with E-state index in [4.69, 9.17) is 17.3 Å². The lowest BCUT2D eigenvalue weighted by Gasteiger charge is -2.16. The minimum atomic E-state index is 0.368. The van der Waals surface area contributed by atoms with Crippen molar-refractivity contribution in [2.75, 3.05) is 23.1 Å². The predicted molar refractivity (Wildman–Crippen MR) is 67.3 cm³/mol. The van der Waals surface area contributed by atoms with E-state index >= 15 is 0 Å². The largest absolute Gasteiger partial charge is 0.397 e. The van der Waals surface area contributed by atoms with Gasteiger partial charge in [-0.25, -0.2) is 0 Å². The molecular formula is C10H15ClN2S. The Kier molecular flexibility index (Phi) is 4.42. The zero-order chi connectivity index (χ0) is 10.6. The normalized spacial score (nSPS) is 12.5. The Morgan fingerprint density at radius 3 is 2.86 bits per heavy atom. The number of halogens is 1. The van der Waals surface area contributed by atoms with E-state index in [0.29, 0.717) is 16.8 Å². The maximum absolute atomic E-state index is 6.02. The van der Waals surface area contributed by atoms with Crippen LogP contribution in [0.15, 0.2) is 18.2 Å². The van der Waals surface area contributed by atoms with Crippen LogP contribution in [0.2, 0.25) is 5.02 Å². The van der Waals surface area contributed by atoms with E-state index in [9.17, 15) is 0 Å². The minimum absolute atomic E-state index is 0.368. The van der Waals surface area contributed by atoms with Gasteiger partial charge in [0.05, 0.1) is 16.4 Å². The quantitative estimate of drug-likeness (QED) is 0.781. The molecule has 1 aromatic rings. The van der Waals surface area contributed by atoms with Crippen LogP contribution in [0.3, 0.4) is 0 Å². The highest BCUT2D eigenvalue weighted by molar-refractivity contribution is 7.98. The van der Waals surface area contributed by atoms with Crippen molar-refractivity contribution in [3.05, 3.63) is 23.2 Å². The fourth-order valence-electron chi connectivity index (χ4n) is 1.23. The third-order valence-corrected chi connectivity index (χ3v) is 3.00. The van der Waals surface area contributed by atoms with Crippen LogP contribution in [0, 0.1) is 0 Å². The van der Waals surface area contributed by atoms with Crippen LogP contribution in [0.1, 0.15) is 6.92 Å². The standard InChI is InChI=1S/C10H15ClN2S/c1-7(6-14-2)13-10-8(11)4-3-5-9(10)12/h3-5,7,13H,6,12H2,1-2H3. The molecule has 0 radical (unpaired) electrons. The average molecular weight is 231 g/mol. The number of nitrogens with one attached hydrogen (secondary N) is 1. The molecule has 0 aliphatic carbocycles. The van der Waals surface area contributed by atoms with Crippen molar-refractivity contribution < 1.29 is 0 Å². The summed E-state index contributed by atoms with van der Waals surface area (Å²) in [5, 5.41) is 3.98. The van der Waals surface area contributed by atoms with E-state index in [1.54, 1.807) is 11.8 Å². The zero-order valence-corrected chi connectivity index (χ0v) is 9.95. The van der Waals surface area contributed by atoms with E-state index in [0.717, 1.165) is 11.4 Å². The topological polar surface area (TPSA) is 38.0 Å². The smallest absolute Gasteiger partial charge is 0.0765 e. The van der Waals surface area contributed by atoms with Gasteiger partial charge in [0, 0.05) is 11.8 Å². The molecule has 0 heterocycles. The Bertz CT molecular complexity index is 284. The molecular weight excluding hydrogens is 216 g/mol. The minimum Gasteiger partial charge on any atom is -0.397 e. The summed E-state index contributed by atoms with van der Waals surface area (Å²) in [4.78, 5) is 0. The third-order valence-electron chi connectivity index (χ3n) is 1.85. The van der Waals surface area contributed by atoms with Crippen molar-refractivity contribution >= 4 is 34.7 Å². The highest BCUT2D eigenvalue weighted by atomic mass is 35.5. The second kappa shape index (κ2) is 5.37.